The van der Waals surface area contributed by atoms with Crippen LogP contribution >= 0.6 is 11.8 Å². The molecule has 3 aromatic rings. The molecule has 2 heterocycles. The monoisotopic (exact) mass is 526 g/mol. The highest BCUT2D eigenvalue weighted by Crippen LogP contribution is 2.39. The fourth-order valence-electron chi connectivity index (χ4n) is 4.62. The Balaban J connectivity index is 1.35. The highest BCUT2D eigenvalue weighted by Gasteiger charge is 2.39. The molecule has 7 nitrogen and oxygen atoms in total. The van der Waals surface area contributed by atoms with Crippen LogP contribution in [0.15, 0.2) is 76.8 Å². The van der Waals surface area contributed by atoms with E-state index in [0.717, 1.165) is 39.4 Å². The number of ether oxygens (including phenoxy) is 1. The Morgan fingerprint density at radius 3 is 2.42 bits per heavy atom. The predicted octanol–water partition coefficient (Wildman–Crippen LogP) is 5.80. The van der Waals surface area contributed by atoms with Crippen LogP contribution in [0.3, 0.4) is 0 Å². The normalized spacial score (nSPS) is 18.8. The van der Waals surface area contributed by atoms with Gasteiger partial charge in [-0.2, -0.15) is 10.1 Å². The van der Waals surface area contributed by atoms with Crippen molar-refractivity contribution in [1.29, 1.82) is 0 Å². The van der Waals surface area contributed by atoms with E-state index in [1.807, 2.05) is 61.3 Å². The van der Waals surface area contributed by atoms with Gasteiger partial charge in [-0.25, -0.2) is 5.01 Å². The first-order valence-corrected chi connectivity index (χ1v) is 13.4. The van der Waals surface area contributed by atoms with Crippen LogP contribution in [0, 0.1) is 20.8 Å². The topological polar surface area (TPSA) is 83.4 Å². The number of anilines is 1. The van der Waals surface area contributed by atoms with Gasteiger partial charge in [0.2, 0.25) is 5.91 Å². The molecule has 0 radical (unpaired) electrons. The summed E-state index contributed by atoms with van der Waals surface area (Å²) in [5.74, 6) is 0.250. The van der Waals surface area contributed by atoms with Crippen molar-refractivity contribution in [2.24, 2.45) is 10.1 Å². The number of carbonyl (C=O) groups is 2. The summed E-state index contributed by atoms with van der Waals surface area (Å²) in [5.41, 5.74) is 7.06. The molecule has 1 N–H and O–H groups in total. The zero-order valence-corrected chi connectivity index (χ0v) is 22.7. The van der Waals surface area contributed by atoms with E-state index >= 15 is 0 Å². The molecular formula is C30H30N4O3S. The first-order valence-electron chi connectivity index (χ1n) is 12.5. The largest absolute Gasteiger partial charge is 0.497 e. The Labute approximate surface area is 227 Å². The number of aliphatic imine (C=N–C) groups is 1. The first-order chi connectivity index (χ1) is 18.3. The number of thioether (sulfide) groups is 1. The summed E-state index contributed by atoms with van der Waals surface area (Å²) >= 11 is 1.30. The third-order valence-corrected chi connectivity index (χ3v) is 7.89. The van der Waals surface area contributed by atoms with Gasteiger partial charge < -0.3 is 10.1 Å². The van der Waals surface area contributed by atoms with E-state index in [1.54, 1.807) is 7.11 Å². The van der Waals surface area contributed by atoms with Crippen molar-refractivity contribution in [2.75, 3.05) is 12.4 Å². The van der Waals surface area contributed by atoms with E-state index in [2.05, 4.69) is 41.5 Å². The summed E-state index contributed by atoms with van der Waals surface area (Å²) in [6.07, 6.45) is 0.709. The highest BCUT2D eigenvalue weighted by molar-refractivity contribution is 8.15. The molecule has 5 rings (SSSR count). The summed E-state index contributed by atoms with van der Waals surface area (Å²) in [6.45, 7) is 6.02. The average Bonchev–Trinajstić information content (AvgIpc) is 3.50. The number of hydrogen-bond donors (Lipinski definition) is 1. The maximum atomic E-state index is 12.9. The number of nitrogens with one attached hydrogen (secondary N) is 1. The van der Waals surface area contributed by atoms with Crippen LogP contribution < -0.4 is 10.1 Å². The maximum absolute atomic E-state index is 12.9. The summed E-state index contributed by atoms with van der Waals surface area (Å²) in [4.78, 5) is 30.0. The second kappa shape index (κ2) is 10.8. The number of amides is 2. The van der Waals surface area contributed by atoms with Gasteiger partial charge in [0, 0.05) is 18.5 Å². The van der Waals surface area contributed by atoms with Crippen molar-refractivity contribution in [3.8, 4) is 5.75 Å². The molecule has 0 aliphatic carbocycles. The quantitative estimate of drug-likeness (QED) is 0.439. The van der Waals surface area contributed by atoms with Crippen LogP contribution in [0.1, 0.15) is 46.7 Å². The van der Waals surface area contributed by atoms with Crippen LogP contribution in [0.2, 0.25) is 0 Å². The van der Waals surface area contributed by atoms with Gasteiger partial charge >= 0.3 is 0 Å². The van der Waals surface area contributed by atoms with E-state index in [0.29, 0.717) is 11.6 Å². The Morgan fingerprint density at radius 1 is 1.03 bits per heavy atom. The standard InChI is InChI=1S/C30H30N4O3S/c1-18-5-8-21(9-6-18)25-16-26(22-10-12-23(37-4)13-11-22)34(33-25)30-32-29(36)27(38-30)17-28(35)31-24-14-7-19(2)15-20(24)3/h5-15,26-27H,16-17H2,1-4H3,(H,31,35)/t26-,27+/m1/s1. The number of rotatable bonds is 6. The Hall–Kier alpha value is -3.91. The van der Waals surface area contributed by atoms with E-state index < -0.39 is 5.25 Å². The molecule has 0 bridgehead atoms. The SMILES string of the molecule is COc1ccc([C@H]2CC(c3ccc(C)cc3)=NN2C2=NC(=O)[C@H](CC(=O)Nc3ccc(C)cc3C)S2)cc1. The van der Waals surface area contributed by atoms with Crippen molar-refractivity contribution in [1.82, 2.24) is 5.01 Å². The first kappa shape index (κ1) is 25.7. The summed E-state index contributed by atoms with van der Waals surface area (Å²) < 4.78 is 5.33. The average molecular weight is 527 g/mol. The third-order valence-electron chi connectivity index (χ3n) is 6.75. The lowest BCUT2D eigenvalue weighted by Gasteiger charge is -2.23. The minimum atomic E-state index is -0.592. The van der Waals surface area contributed by atoms with Crippen molar-refractivity contribution < 1.29 is 14.3 Å². The molecular weight excluding hydrogens is 496 g/mol. The molecule has 0 spiro atoms. The van der Waals surface area contributed by atoms with Gasteiger partial charge in [0.25, 0.3) is 5.91 Å². The second-order valence-corrected chi connectivity index (χ2v) is 10.8. The summed E-state index contributed by atoms with van der Waals surface area (Å²) in [6, 6.07) is 21.9. The van der Waals surface area contributed by atoms with Crippen molar-refractivity contribution in [3.63, 3.8) is 0 Å². The molecule has 0 unspecified atom stereocenters. The van der Waals surface area contributed by atoms with Crippen LogP contribution in [0.4, 0.5) is 5.69 Å². The molecule has 194 valence electrons. The van der Waals surface area contributed by atoms with Gasteiger partial charge in [0.05, 0.1) is 18.9 Å². The van der Waals surface area contributed by atoms with E-state index in [4.69, 9.17) is 9.84 Å². The fourth-order valence-corrected chi connectivity index (χ4v) is 5.68. The molecule has 2 atom stereocenters. The van der Waals surface area contributed by atoms with Crippen LogP contribution in [-0.2, 0) is 9.59 Å². The molecule has 0 saturated carbocycles. The number of nitrogens with zero attached hydrogens (tertiary/aromatic N) is 3. The molecule has 2 aliphatic heterocycles. The number of benzene rings is 3. The van der Waals surface area contributed by atoms with Crippen molar-refractivity contribution >= 4 is 40.1 Å². The lowest BCUT2D eigenvalue weighted by atomic mass is 9.98. The van der Waals surface area contributed by atoms with Gasteiger partial charge in [0.15, 0.2) is 5.17 Å². The number of aryl methyl sites for hydroxylation is 3. The van der Waals surface area contributed by atoms with Gasteiger partial charge in [-0.1, -0.05) is 71.4 Å². The predicted molar refractivity (Wildman–Crippen MR) is 153 cm³/mol. The molecule has 0 aromatic heterocycles. The minimum absolute atomic E-state index is 0.0411. The lowest BCUT2D eigenvalue weighted by molar-refractivity contribution is -0.121. The minimum Gasteiger partial charge on any atom is -0.497 e. The van der Waals surface area contributed by atoms with Gasteiger partial charge in [-0.05, 0) is 55.7 Å². The smallest absolute Gasteiger partial charge is 0.262 e. The van der Waals surface area contributed by atoms with Crippen molar-refractivity contribution in [2.45, 2.75) is 44.9 Å². The second-order valence-electron chi connectivity index (χ2n) is 9.66. The Morgan fingerprint density at radius 2 is 1.74 bits per heavy atom. The molecule has 2 amide bonds. The van der Waals surface area contributed by atoms with Crippen LogP contribution in [-0.4, -0.2) is 40.1 Å². The van der Waals surface area contributed by atoms with Gasteiger partial charge in [0.1, 0.15) is 11.0 Å². The fraction of sp³-hybridized carbons (Fsp3) is 0.267. The Bertz CT molecular complexity index is 1430. The molecule has 38 heavy (non-hydrogen) atoms. The summed E-state index contributed by atoms with van der Waals surface area (Å²) in [5, 5.41) is 9.62. The Kier molecular flexibility index (Phi) is 7.33. The van der Waals surface area contributed by atoms with Gasteiger partial charge in [-0.15, -0.1) is 0 Å². The highest BCUT2D eigenvalue weighted by atomic mass is 32.2. The third kappa shape index (κ3) is 5.50. The van der Waals surface area contributed by atoms with Crippen molar-refractivity contribution in [3.05, 3.63) is 94.5 Å². The number of carbonyl (C=O) groups excluding carboxylic acids is 2. The summed E-state index contributed by atoms with van der Waals surface area (Å²) in [7, 11) is 1.64. The zero-order chi connectivity index (χ0) is 26.8. The number of amidine groups is 1. The van der Waals surface area contributed by atoms with E-state index in [9.17, 15) is 9.59 Å². The number of hydrogen-bond acceptors (Lipinski definition) is 6. The lowest BCUT2D eigenvalue weighted by Crippen LogP contribution is -2.25. The molecule has 0 saturated heterocycles. The molecule has 0 fully saturated rings. The van der Waals surface area contributed by atoms with Crippen LogP contribution in [0.5, 0.6) is 5.75 Å². The number of methoxy groups -OCH3 is 1. The zero-order valence-electron chi connectivity index (χ0n) is 21.9. The van der Waals surface area contributed by atoms with E-state index in [-0.39, 0.29) is 24.3 Å². The van der Waals surface area contributed by atoms with Crippen LogP contribution in [0.25, 0.3) is 0 Å². The molecule has 8 heteroatoms. The maximum Gasteiger partial charge on any atom is 0.262 e. The molecule has 2 aliphatic rings. The van der Waals surface area contributed by atoms with E-state index in [1.165, 1.54) is 17.3 Å². The molecule has 3 aromatic carbocycles. The number of hydrazone groups is 1. The van der Waals surface area contributed by atoms with Gasteiger partial charge in [-0.3, -0.25) is 9.59 Å².